The highest BCUT2D eigenvalue weighted by Crippen LogP contribution is 2.59. The zero-order valence-corrected chi connectivity index (χ0v) is 17.3. The van der Waals surface area contributed by atoms with Gasteiger partial charge in [0.2, 0.25) is 0 Å². The molecule has 4 aliphatic carbocycles. The lowest BCUT2D eigenvalue weighted by molar-refractivity contribution is -0.0181. The van der Waals surface area contributed by atoms with Gasteiger partial charge in [0, 0.05) is 28.1 Å². The van der Waals surface area contributed by atoms with Gasteiger partial charge < -0.3 is 5.32 Å². The van der Waals surface area contributed by atoms with Crippen LogP contribution in [0.15, 0.2) is 48.5 Å². The zero-order valence-electron chi connectivity index (χ0n) is 16.6. The lowest BCUT2D eigenvalue weighted by atomic mass is 9.50. The zero-order chi connectivity index (χ0) is 19.8. The van der Waals surface area contributed by atoms with Gasteiger partial charge in [-0.2, -0.15) is 0 Å². The summed E-state index contributed by atoms with van der Waals surface area (Å²) >= 11 is 5.80. The second-order valence-electron chi connectivity index (χ2n) is 9.31. The van der Waals surface area contributed by atoms with E-state index in [-0.39, 0.29) is 11.3 Å². The quantitative estimate of drug-likeness (QED) is 0.476. The highest BCUT2D eigenvalue weighted by molar-refractivity contribution is 6.17. The number of rotatable bonds is 3. The smallest absolute Gasteiger partial charge is 0.255 e. The number of carbonyl (C=O) groups excluding carboxylic acids is 1. The molecule has 0 atom stereocenters. The monoisotopic (exact) mass is 403 g/mol. The Morgan fingerprint density at radius 1 is 0.931 bits per heavy atom. The Morgan fingerprint density at radius 3 is 2.07 bits per heavy atom. The van der Waals surface area contributed by atoms with Crippen molar-refractivity contribution in [2.45, 2.75) is 44.4 Å². The SMILES string of the molecule is O=C(Nc1ccc(C#CC23CC4CC(CC(C4)C2)C3)cc1)c1ccc(CCl)cc1. The summed E-state index contributed by atoms with van der Waals surface area (Å²) in [5.74, 6) is 10.3. The van der Waals surface area contributed by atoms with Gasteiger partial charge in [-0.25, -0.2) is 0 Å². The van der Waals surface area contributed by atoms with Crippen molar-refractivity contribution in [3.63, 3.8) is 0 Å². The predicted octanol–water partition coefficient (Wildman–Crippen LogP) is 6.25. The molecule has 2 aromatic rings. The first-order chi connectivity index (χ1) is 14.1. The van der Waals surface area contributed by atoms with Crippen LogP contribution in [-0.4, -0.2) is 5.91 Å². The van der Waals surface area contributed by atoms with Crippen molar-refractivity contribution in [3.8, 4) is 11.8 Å². The third kappa shape index (κ3) is 3.94. The van der Waals surface area contributed by atoms with Crippen LogP contribution in [0.2, 0.25) is 0 Å². The molecule has 2 nitrogen and oxygen atoms in total. The number of anilines is 1. The molecule has 0 aromatic heterocycles. The van der Waals surface area contributed by atoms with Crippen molar-refractivity contribution in [1.29, 1.82) is 0 Å². The molecule has 0 saturated heterocycles. The maximum atomic E-state index is 12.4. The van der Waals surface area contributed by atoms with Crippen LogP contribution in [0.5, 0.6) is 0 Å². The predicted molar refractivity (Wildman–Crippen MR) is 118 cm³/mol. The topological polar surface area (TPSA) is 29.1 Å². The van der Waals surface area contributed by atoms with Crippen LogP contribution in [0.3, 0.4) is 0 Å². The van der Waals surface area contributed by atoms with E-state index in [0.29, 0.717) is 11.4 Å². The maximum absolute atomic E-state index is 12.4. The fourth-order valence-corrected chi connectivity index (χ4v) is 6.23. The fourth-order valence-electron chi connectivity index (χ4n) is 6.05. The van der Waals surface area contributed by atoms with Crippen LogP contribution < -0.4 is 5.32 Å². The Morgan fingerprint density at radius 2 is 1.52 bits per heavy atom. The third-order valence-electron chi connectivity index (χ3n) is 7.02. The summed E-state index contributed by atoms with van der Waals surface area (Å²) in [6.45, 7) is 0. The van der Waals surface area contributed by atoms with Crippen LogP contribution in [-0.2, 0) is 5.88 Å². The van der Waals surface area contributed by atoms with Gasteiger partial charge >= 0.3 is 0 Å². The van der Waals surface area contributed by atoms with E-state index in [1.54, 1.807) is 12.1 Å². The van der Waals surface area contributed by atoms with Gasteiger partial charge in [0.05, 0.1) is 0 Å². The second kappa shape index (κ2) is 7.54. The Bertz CT molecular complexity index is 929. The highest BCUT2D eigenvalue weighted by Gasteiger charge is 2.50. The van der Waals surface area contributed by atoms with E-state index in [1.807, 2.05) is 36.4 Å². The minimum atomic E-state index is -0.112. The first-order valence-electron chi connectivity index (χ1n) is 10.7. The average molecular weight is 404 g/mol. The Hall–Kier alpha value is -2.24. The molecule has 6 rings (SSSR count). The molecule has 2 aromatic carbocycles. The van der Waals surface area contributed by atoms with Crippen molar-refractivity contribution in [3.05, 3.63) is 65.2 Å². The van der Waals surface area contributed by atoms with E-state index in [4.69, 9.17) is 11.6 Å². The molecule has 4 aliphatic rings. The molecule has 1 amide bonds. The van der Waals surface area contributed by atoms with Gasteiger partial charge in [-0.3, -0.25) is 4.79 Å². The molecule has 4 fully saturated rings. The van der Waals surface area contributed by atoms with Crippen molar-refractivity contribution < 1.29 is 4.79 Å². The second-order valence-corrected chi connectivity index (χ2v) is 9.58. The molecule has 0 spiro atoms. The number of nitrogens with one attached hydrogen (secondary N) is 1. The van der Waals surface area contributed by atoms with E-state index in [2.05, 4.69) is 17.2 Å². The van der Waals surface area contributed by atoms with E-state index in [9.17, 15) is 4.79 Å². The summed E-state index contributed by atoms with van der Waals surface area (Å²) in [5, 5.41) is 2.95. The molecule has 4 bridgehead atoms. The summed E-state index contributed by atoms with van der Waals surface area (Å²) in [7, 11) is 0. The van der Waals surface area contributed by atoms with E-state index < -0.39 is 0 Å². The summed E-state index contributed by atoms with van der Waals surface area (Å²) in [6.07, 6.45) is 8.27. The molecule has 1 N–H and O–H groups in total. The average Bonchev–Trinajstić information content (AvgIpc) is 2.72. The molecule has 0 aliphatic heterocycles. The molecule has 3 heteroatoms. The highest BCUT2D eigenvalue weighted by atomic mass is 35.5. The third-order valence-corrected chi connectivity index (χ3v) is 7.33. The minimum absolute atomic E-state index is 0.112. The van der Waals surface area contributed by atoms with E-state index >= 15 is 0 Å². The van der Waals surface area contributed by atoms with Crippen molar-refractivity contribution in [2.24, 2.45) is 23.2 Å². The fraction of sp³-hybridized carbons (Fsp3) is 0.423. The normalized spacial score (nSPS) is 29.2. The maximum Gasteiger partial charge on any atom is 0.255 e. The van der Waals surface area contributed by atoms with Crippen molar-refractivity contribution in [1.82, 2.24) is 0 Å². The number of benzene rings is 2. The number of hydrogen-bond donors (Lipinski definition) is 1. The van der Waals surface area contributed by atoms with Crippen LogP contribution in [0.25, 0.3) is 0 Å². The van der Waals surface area contributed by atoms with Gasteiger partial charge in [-0.1, -0.05) is 24.0 Å². The standard InChI is InChI=1S/C26H26ClNO/c27-17-19-1-5-23(6-2-19)25(29)28-24-7-3-18(4-8-24)9-10-26-14-20-11-21(15-26)13-22(12-20)16-26/h1-8,20-22H,11-17H2,(H,28,29). The summed E-state index contributed by atoms with van der Waals surface area (Å²) < 4.78 is 0. The molecule has 148 valence electrons. The minimum Gasteiger partial charge on any atom is -0.322 e. The van der Waals surface area contributed by atoms with E-state index in [1.165, 1.54) is 38.5 Å². The first-order valence-corrected chi connectivity index (χ1v) is 11.2. The van der Waals surface area contributed by atoms with Crippen molar-refractivity contribution in [2.75, 3.05) is 5.32 Å². The van der Waals surface area contributed by atoms with E-state index in [0.717, 1.165) is 34.6 Å². The van der Waals surface area contributed by atoms with Crippen LogP contribution in [0.4, 0.5) is 5.69 Å². The van der Waals surface area contributed by atoms with Gasteiger partial charge in [0.1, 0.15) is 0 Å². The molecule has 0 unspecified atom stereocenters. The van der Waals surface area contributed by atoms with Gasteiger partial charge in [-0.15, -0.1) is 11.6 Å². The first kappa shape index (κ1) is 18.8. The lowest BCUT2D eigenvalue weighted by Crippen LogP contribution is -2.45. The Balaban J connectivity index is 1.25. The van der Waals surface area contributed by atoms with Crippen LogP contribution >= 0.6 is 11.6 Å². The largest absolute Gasteiger partial charge is 0.322 e. The molecule has 4 saturated carbocycles. The van der Waals surface area contributed by atoms with Crippen LogP contribution in [0.1, 0.15) is 60.0 Å². The van der Waals surface area contributed by atoms with Gasteiger partial charge in [0.15, 0.2) is 0 Å². The molecule has 0 heterocycles. The van der Waals surface area contributed by atoms with Gasteiger partial charge in [0.25, 0.3) is 5.91 Å². The summed E-state index contributed by atoms with van der Waals surface area (Å²) in [4.78, 5) is 12.4. The van der Waals surface area contributed by atoms with Crippen LogP contribution in [0, 0.1) is 35.0 Å². The molecular weight excluding hydrogens is 378 g/mol. The molecule has 0 radical (unpaired) electrons. The van der Waals surface area contributed by atoms with Gasteiger partial charge in [-0.05, 0) is 98.2 Å². The summed E-state index contributed by atoms with van der Waals surface area (Å²) in [5.41, 5.74) is 3.73. The Kier molecular flexibility index (Phi) is 4.88. The Labute approximate surface area is 178 Å². The molecule has 29 heavy (non-hydrogen) atoms. The van der Waals surface area contributed by atoms with Crippen molar-refractivity contribution >= 4 is 23.2 Å². The molecular formula is C26H26ClNO. The summed E-state index contributed by atoms with van der Waals surface area (Å²) in [6, 6.07) is 15.3. The number of carbonyl (C=O) groups is 1. The number of halogens is 1. The number of hydrogen-bond acceptors (Lipinski definition) is 1. The number of alkyl halides is 1. The lowest BCUT2D eigenvalue weighted by Gasteiger charge is -2.54. The number of amides is 1.